The Morgan fingerprint density at radius 1 is 1.38 bits per heavy atom. The molecule has 0 radical (unpaired) electrons. The van der Waals surface area contributed by atoms with Crippen LogP contribution in [0, 0.1) is 0 Å². The Balaban J connectivity index is 3.88. The first-order valence-electron chi connectivity index (χ1n) is 4.69. The minimum atomic E-state index is -0.662. The first-order valence-corrected chi connectivity index (χ1v) is 4.69. The van der Waals surface area contributed by atoms with Gasteiger partial charge in [-0.2, -0.15) is 0 Å². The van der Waals surface area contributed by atoms with Crippen LogP contribution in [0.3, 0.4) is 0 Å². The van der Waals surface area contributed by atoms with Gasteiger partial charge in [-0.1, -0.05) is 12.7 Å². The van der Waals surface area contributed by atoms with Gasteiger partial charge in [-0.3, -0.25) is 14.4 Å². The summed E-state index contributed by atoms with van der Waals surface area (Å²) in [5.41, 5.74) is 0.124. The quantitative estimate of drug-likeness (QED) is 0.294. The Bertz CT molecular complexity index is 320. The molecule has 0 aliphatic heterocycles. The highest BCUT2D eigenvalue weighted by Crippen LogP contribution is 1.95. The smallest absolute Gasteiger partial charge is 0.313 e. The maximum absolute atomic E-state index is 11.2. The highest BCUT2D eigenvalue weighted by atomic mass is 16.5. The van der Waals surface area contributed by atoms with Crippen molar-refractivity contribution < 1.29 is 19.1 Å². The molecule has 0 heterocycles. The number of hydrogen-bond acceptors (Lipinski definition) is 4. The summed E-state index contributed by atoms with van der Waals surface area (Å²) in [6.07, 6.45) is 1.23. The maximum atomic E-state index is 11.2. The maximum Gasteiger partial charge on any atom is 0.313 e. The molecule has 88 valence electrons. The highest BCUT2D eigenvalue weighted by Gasteiger charge is 2.10. The SMILES string of the molecule is C=CCNC(=O)C(=C)COC(=O)CC(C)=O. The van der Waals surface area contributed by atoms with Gasteiger partial charge in [0.1, 0.15) is 18.8 Å². The van der Waals surface area contributed by atoms with Crippen molar-refractivity contribution in [3.05, 3.63) is 24.8 Å². The van der Waals surface area contributed by atoms with Crippen LogP contribution in [-0.4, -0.2) is 30.8 Å². The lowest BCUT2D eigenvalue weighted by Crippen LogP contribution is -2.27. The number of Topliss-reactive ketones (excluding diaryl/α,β-unsaturated/α-hetero) is 1. The largest absolute Gasteiger partial charge is 0.460 e. The highest BCUT2D eigenvalue weighted by molar-refractivity contribution is 5.95. The van der Waals surface area contributed by atoms with E-state index in [0.29, 0.717) is 6.54 Å². The van der Waals surface area contributed by atoms with Crippen LogP contribution in [0.15, 0.2) is 24.8 Å². The lowest BCUT2D eigenvalue weighted by Gasteiger charge is -2.06. The van der Waals surface area contributed by atoms with E-state index in [2.05, 4.69) is 23.2 Å². The molecule has 5 nitrogen and oxygen atoms in total. The fourth-order valence-electron chi connectivity index (χ4n) is 0.777. The van der Waals surface area contributed by atoms with E-state index in [4.69, 9.17) is 0 Å². The monoisotopic (exact) mass is 225 g/mol. The number of rotatable bonds is 7. The second kappa shape index (κ2) is 7.39. The zero-order valence-corrected chi connectivity index (χ0v) is 9.25. The molecule has 0 atom stereocenters. The van der Waals surface area contributed by atoms with E-state index in [9.17, 15) is 14.4 Å². The number of esters is 1. The van der Waals surface area contributed by atoms with E-state index in [-0.39, 0.29) is 24.4 Å². The zero-order valence-electron chi connectivity index (χ0n) is 9.25. The summed E-state index contributed by atoms with van der Waals surface area (Å²) in [7, 11) is 0. The lowest BCUT2D eigenvalue weighted by molar-refractivity contribution is -0.144. The summed E-state index contributed by atoms with van der Waals surface area (Å²) in [6.45, 7) is 8.27. The molecule has 0 aliphatic rings. The van der Waals surface area contributed by atoms with Gasteiger partial charge in [0.15, 0.2) is 0 Å². The first-order chi connectivity index (χ1) is 7.47. The van der Waals surface area contributed by atoms with Gasteiger partial charge in [0.05, 0.1) is 0 Å². The lowest BCUT2D eigenvalue weighted by atomic mass is 10.3. The number of amides is 1. The van der Waals surface area contributed by atoms with Crippen molar-refractivity contribution in [1.82, 2.24) is 5.32 Å². The number of hydrogen-bond donors (Lipinski definition) is 1. The number of nitrogens with one attached hydrogen (secondary N) is 1. The predicted molar refractivity (Wildman–Crippen MR) is 58.6 cm³/mol. The van der Waals surface area contributed by atoms with Gasteiger partial charge in [-0.15, -0.1) is 6.58 Å². The van der Waals surface area contributed by atoms with Gasteiger partial charge in [0.2, 0.25) is 5.91 Å². The molecule has 0 aromatic heterocycles. The number of carbonyl (C=O) groups excluding carboxylic acids is 3. The van der Waals surface area contributed by atoms with Crippen LogP contribution in [0.1, 0.15) is 13.3 Å². The van der Waals surface area contributed by atoms with Gasteiger partial charge in [-0.25, -0.2) is 0 Å². The number of ketones is 1. The van der Waals surface area contributed by atoms with E-state index < -0.39 is 11.9 Å². The van der Waals surface area contributed by atoms with Crippen LogP contribution in [0.4, 0.5) is 0 Å². The normalized spacial score (nSPS) is 9.06. The van der Waals surface area contributed by atoms with Crippen molar-refractivity contribution in [2.24, 2.45) is 0 Å². The van der Waals surface area contributed by atoms with Gasteiger partial charge >= 0.3 is 5.97 Å². The molecule has 0 rings (SSSR count). The average Bonchev–Trinajstić information content (AvgIpc) is 2.21. The van der Waals surface area contributed by atoms with Crippen molar-refractivity contribution in [1.29, 1.82) is 0 Å². The summed E-state index contributed by atoms with van der Waals surface area (Å²) >= 11 is 0. The predicted octanol–water partition coefficient (Wildman–Crippen LogP) is 0.367. The van der Waals surface area contributed by atoms with Crippen molar-refractivity contribution >= 4 is 17.7 Å². The van der Waals surface area contributed by atoms with Gasteiger partial charge < -0.3 is 10.1 Å². The van der Waals surface area contributed by atoms with Gasteiger partial charge in [0.25, 0.3) is 0 Å². The zero-order chi connectivity index (χ0) is 12.6. The Morgan fingerprint density at radius 3 is 2.50 bits per heavy atom. The topological polar surface area (TPSA) is 72.5 Å². The van der Waals surface area contributed by atoms with E-state index in [0.717, 1.165) is 0 Å². The average molecular weight is 225 g/mol. The molecule has 1 N–H and O–H groups in total. The fraction of sp³-hybridized carbons (Fsp3) is 0.364. The second-order valence-corrected chi connectivity index (χ2v) is 3.14. The Morgan fingerprint density at radius 2 is 2.00 bits per heavy atom. The molecule has 0 spiro atoms. The van der Waals surface area contributed by atoms with Crippen molar-refractivity contribution in [2.45, 2.75) is 13.3 Å². The van der Waals surface area contributed by atoms with E-state index in [1.807, 2.05) is 0 Å². The van der Waals surface area contributed by atoms with Crippen LogP contribution in [0.2, 0.25) is 0 Å². The molecule has 0 aromatic carbocycles. The minimum absolute atomic E-state index is 0.124. The molecular weight excluding hydrogens is 210 g/mol. The molecule has 0 aromatic rings. The van der Waals surface area contributed by atoms with E-state index in [1.54, 1.807) is 0 Å². The molecule has 5 heteroatoms. The summed E-state index contributed by atoms with van der Waals surface area (Å²) < 4.78 is 4.67. The molecule has 0 aliphatic carbocycles. The molecule has 1 amide bonds. The van der Waals surface area contributed by atoms with E-state index in [1.165, 1.54) is 13.0 Å². The number of ether oxygens (including phenoxy) is 1. The summed E-state index contributed by atoms with van der Waals surface area (Å²) in [4.78, 5) is 32.7. The first kappa shape index (κ1) is 14.1. The molecule has 0 unspecified atom stereocenters. The number of carbonyl (C=O) groups is 3. The van der Waals surface area contributed by atoms with Crippen LogP contribution in [-0.2, 0) is 19.1 Å². The Hall–Kier alpha value is -1.91. The Labute approximate surface area is 94.2 Å². The molecule has 16 heavy (non-hydrogen) atoms. The third-order valence-corrected chi connectivity index (χ3v) is 1.53. The van der Waals surface area contributed by atoms with Crippen molar-refractivity contribution in [3.63, 3.8) is 0 Å². The minimum Gasteiger partial charge on any atom is -0.460 e. The van der Waals surface area contributed by atoms with Crippen LogP contribution >= 0.6 is 0 Å². The van der Waals surface area contributed by atoms with Crippen LogP contribution in [0.25, 0.3) is 0 Å². The summed E-state index contributed by atoms with van der Waals surface area (Å²) in [5.74, 6) is -1.35. The third kappa shape index (κ3) is 6.53. The standard InChI is InChI=1S/C11H15NO4/c1-4-5-12-11(15)8(2)7-16-10(14)6-9(3)13/h4H,1-2,5-7H2,3H3,(H,12,15). The Kier molecular flexibility index (Phi) is 6.51. The molecular formula is C11H15NO4. The van der Waals surface area contributed by atoms with E-state index >= 15 is 0 Å². The van der Waals surface area contributed by atoms with Gasteiger partial charge in [-0.05, 0) is 6.92 Å². The fourth-order valence-corrected chi connectivity index (χ4v) is 0.777. The summed E-state index contributed by atoms with van der Waals surface area (Å²) in [6, 6.07) is 0. The molecule has 0 fully saturated rings. The second-order valence-electron chi connectivity index (χ2n) is 3.14. The van der Waals surface area contributed by atoms with Crippen molar-refractivity contribution in [3.8, 4) is 0 Å². The van der Waals surface area contributed by atoms with Crippen LogP contribution in [0.5, 0.6) is 0 Å². The van der Waals surface area contributed by atoms with Crippen molar-refractivity contribution in [2.75, 3.05) is 13.2 Å². The van der Waals surface area contributed by atoms with Gasteiger partial charge in [0, 0.05) is 12.1 Å². The molecule has 0 saturated heterocycles. The van der Waals surface area contributed by atoms with Crippen LogP contribution < -0.4 is 5.32 Å². The third-order valence-electron chi connectivity index (χ3n) is 1.53. The molecule has 0 saturated carbocycles. The molecule has 0 bridgehead atoms. The summed E-state index contributed by atoms with van der Waals surface area (Å²) in [5, 5.41) is 2.48.